The van der Waals surface area contributed by atoms with Crippen LogP contribution in [0.2, 0.25) is 0 Å². The van der Waals surface area contributed by atoms with Crippen molar-refractivity contribution in [2.75, 3.05) is 25.9 Å². The van der Waals surface area contributed by atoms with E-state index in [0.29, 0.717) is 25.2 Å². The molecule has 2 amide bonds. The third-order valence-electron chi connectivity index (χ3n) is 3.25. The van der Waals surface area contributed by atoms with Crippen LogP contribution in [0.1, 0.15) is 16.8 Å². The Kier molecular flexibility index (Phi) is 3.97. The molecule has 7 nitrogen and oxygen atoms in total. The summed E-state index contributed by atoms with van der Waals surface area (Å²) in [5.41, 5.74) is 6.33. The fourth-order valence-corrected chi connectivity index (χ4v) is 2.19. The van der Waals surface area contributed by atoms with Crippen LogP contribution in [0.25, 0.3) is 0 Å². The first-order valence-electron chi connectivity index (χ1n) is 6.23. The van der Waals surface area contributed by atoms with Gasteiger partial charge in [-0.1, -0.05) is 0 Å². The number of aromatic hydroxyl groups is 1. The van der Waals surface area contributed by atoms with Gasteiger partial charge in [-0.2, -0.15) is 0 Å². The van der Waals surface area contributed by atoms with E-state index in [0.717, 1.165) is 0 Å². The van der Waals surface area contributed by atoms with Crippen LogP contribution in [0.4, 0.5) is 10.5 Å². The molecule has 4 N–H and O–H groups in total. The van der Waals surface area contributed by atoms with Crippen molar-refractivity contribution in [1.82, 2.24) is 10.2 Å². The number of phenols is 1. The zero-order valence-electron chi connectivity index (χ0n) is 11.1. The molecule has 108 valence electrons. The maximum atomic E-state index is 12.3. The molecule has 2 rings (SSSR count). The molecule has 1 heterocycles. The molecule has 0 saturated carbocycles. The highest BCUT2D eigenvalue weighted by Crippen LogP contribution is 2.22. The van der Waals surface area contributed by atoms with Crippen LogP contribution in [-0.4, -0.2) is 48.2 Å². The summed E-state index contributed by atoms with van der Waals surface area (Å²) in [5.74, 6) is -0.265. The van der Waals surface area contributed by atoms with Crippen LogP contribution in [0.15, 0.2) is 18.2 Å². The van der Waals surface area contributed by atoms with Crippen LogP contribution < -0.4 is 11.1 Å². The lowest BCUT2D eigenvalue weighted by molar-refractivity contribution is 0.0788. The highest BCUT2D eigenvalue weighted by molar-refractivity contribution is 5.99. The molecule has 0 bridgehead atoms. The number of nitrogens with zero attached hydrogens (tertiary/aromatic N) is 1. The van der Waals surface area contributed by atoms with Crippen molar-refractivity contribution in [2.45, 2.75) is 12.5 Å². The Labute approximate surface area is 116 Å². The lowest BCUT2D eigenvalue weighted by Gasteiger charge is -2.18. The van der Waals surface area contributed by atoms with E-state index < -0.39 is 6.09 Å². The minimum atomic E-state index is -0.513. The Morgan fingerprint density at radius 1 is 1.50 bits per heavy atom. The van der Waals surface area contributed by atoms with Crippen molar-refractivity contribution < 1.29 is 19.4 Å². The Morgan fingerprint density at radius 2 is 2.25 bits per heavy atom. The molecular formula is C13H17N3O4. The highest BCUT2D eigenvalue weighted by Gasteiger charge is 2.29. The van der Waals surface area contributed by atoms with Gasteiger partial charge in [0.05, 0.1) is 18.7 Å². The van der Waals surface area contributed by atoms with Gasteiger partial charge in [0.1, 0.15) is 5.75 Å². The molecule has 7 heteroatoms. The second-order valence-corrected chi connectivity index (χ2v) is 4.64. The quantitative estimate of drug-likeness (QED) is 0.541. The average molecular weight is 279 g/mol. The van der Waals surface area contributed by atoms with Gasteiger partial charge < -0.3 is 25.8 Å². The van der Waals surface area contributed by atoms with Gasteiger partial charge in [-0.25, -0.2) is 4.79 Å². The van der Waals surface area contributed by atoms with Gasteiger partial charge in [0.15, 0.2) is 0 Å². The molecule has 1 saturated heterocycles. The van der Waals surface area contributed by atoms with E-state index in [9.17, 15) is 14.7 Å². The van der Waals surface area contributed by atoms with Crippen molar-refractivity contribution in [1.29, 1.82) is 0 Å². The summed E-state index contributed by atoms with van der Waals surface area (Å²) in [7, 11) is 1.29. The van der Waals surface area contributed by atoms with Crippen molar-refractivity contribution >= 4 is 17.7 Å². The third kappa shape index (κ3) is 2.93. The molecule has 0 spiro atoms. The minimum absolute atomic E-state index is 0.00835. The van der Waals surface area contributed by atoms with Crippen molar-refractivity contribution in [2.24, 2.45) is 0 Å². The Bertz CT molecular complexity index is 532. The molecule has 0 radical (unpaired) electrons. The number of carbonyl (C=O) groups excluding carboxylic acids is 2. The number of likely N-dealkylation sites (tertiary alicyclic amines) is 1. The number of ether oxygens (including phenoxy) is 1. The number of hydrogen-bond donors (Lipinski definition) is 3. The summed E-state index contributed by atoms with van der Waals surface area (Å²) in [6, 6.07) is 4.13. The molecule has 1 unspecified atom stereocenters. The molecule has 1 aromatic carbocycles. The topological polar surface area (TPSA) is 105 Å². The Hall–Kier alpha value is -2.44. The molecular weight excluding hydrogens is 262 g/mol. The van der Waals surface area contributed by atoms with E-state index in [1.54, 1.807) is 4.90 Å². The maximum absolute atomic E-state index is 12.3. The zero-order valence-corrected chi connectivity index (χ0v) is 11.1. The number of nitrogen functional groups attached to an aromatic ring is 1. The molecule has 20 heavy (non-hydrogen) atoms. The molecule has 1 aliphatic rings. The predicted octanol–water partition coefficient (Wildman–Crippen LogP) is 0.545. The number of methoxy groups -OCH3 is 1. The van der Waals surface area contributed by atoms with E-state index in [1.807, 2.05) is 0 Å². The van der Waals surface area contributed by atoms with Crippen molar-refractivity contribution in [3.05, 3.63) is 23.8 Å². The maximum Gasteiger partial charge on any atom is 0.407 e. The summed E-state index contributed by atoms with van der Waals surface area (Å²) < 4.78 is 4.52. The second-order valence-electron chi connectivity index (χ2n) is 4.64. The lowest BCUT2D eigenvalue weighted by atomic mass is 10.1. The zero-order chi connectivity index (χ0) is 14.7. The fourth-order valence-electron chi connectivity index (χ4n) is 2.19. The van der Waals surface area contributed by atoms with Gasteiger partial charge in [0.2, 0.25) is 0 Å². The van der Waals surface area contributed by atoms with E-state index in [2.05, 4.69) is 10.1 Å². The number of benzene rings is 1. The number of nitrogens with one attached hydrogen (secondary N) is 1. The van der Waals surface area contributed by atoms with E-state index in [-0.39, 0.29) is 23.3 Å². The summed E-state index contributed by atoms with van der Waals surface area (Å²) in [6.07, 6.45) is 0.140. The standard InChI is InChI=1S/C13H17N3O4/c1-20-13(19)15-8-4-5-16(7-8)12(18)10-6-9(17)2-3-11(10)14/h2-3,6,8,17H,4-5,7,14H2,1H3,(H,15,19). The van der Waals surface area contributed by atoms with Gasteiger partial charge >= 0.3 is 6.09 Å². The normalized spacial score (nSPS) is 17.9. The number of anilines is 1. The second kappa shape index (κ2) is 5.68. The first kappa shape index (κ1) is 14.0. The van der Waals surface area contributed by atoms with Crippen LogP contribution in [-0.2, 0) is 4.74 Å². The average Bonchev–Trinajstić information content (AvgIpc) is 2.89. The number of carbonyl (C=O) groups is 2. The molecule has 1 atom stereocenters. The van der Waals surface area contributed by atoms with Gasteiger partial charge in [-0.3, -0.25) is 4.79 Å². The summed E-state index contributed by atoms with van der Waals surface area (Å²) in [5, 5.41) is 12.1. The number of phenolic OH excluding ortho intramolecular Hbond substituents is 1. The highest BCUT2D eigenvalue weighted by atomic mass is 16.5. The number of hydrogen-bond acceptors (Lipinski definition) is 5. The molecule has 1 fully saturated rings. The number of amides is 2. The van der Waals surface area contributed by atoms with E-state index in [4.69, 9.17) is 5.73 Å². The lowest BCUT2D eigenvalue weighted by Crippen LogP contribution is -2.38. The van der Waals surface area contributed by atoms with Gasteiger partial charge in [-0.05, 0) is 24.6 Å². The smallest absolute Gasteiger partial charge is 0.407 e. The summed E-state index contributed by atoms with van der Waals surface area (Å²) in [4.78, 5) is 25.0. The van der Waals surface area contributed by atoms with Crippen LogP contribution >= 0.6 is 0 Å². The number of nitrogens with two attached hydrogens (primary N) is 1. The number of rotatable bonds is 2. The Balaban J connectivity index is 2.04. The Morgan fingerprint density at radius 3 is 2.95 bits per heavy atom. The third-order valence-corrected chi connectivity index (χ3v) is 3.25. The predicted molar refractivity (Wildman–Crippen MR) is 72.4 cm³/mol. The monoisotopic (exact) mass is 279 g/mol. The minimum Gasteiger partial charge on any atom is -0.508 e. The summed E-state index contributed by atoms with van der Waals surface area (Å²) >= 11 is 0. The molecule has 0 aliphatic carbocycles. The van der Waals surface area contributed by atoms with Crippen molar-refractivity contribution in [3.63, 3.8) is 0 Å². The van der Waals surface area contributed by atoms with E-state index in [1.165, 1.54) is 25.3 Å². The first-order chi connectivity index (χ1) is 9.51. The number of alkyl carbamates (subject to hydrolysis) is 1. The SMILES string of the molecule is COC(=O)NC1CCN(C(=O)c2cc(O)ccc2N)C1. The molecule has 0 aromatic heterocycles. The van der Waals surface area contributed by atoms with Crippen LogP contribution in [0.5, 0.6) is 5.75 Å². The van der Waals surface area contributed by atoms with Crippen LogP contribution in [0, 0.1) is 0 Å². The largest absolute Gasteiger partial charge is 0.508 e. The first-order valence-corrected chi connectivity index (χ1v) is 6.23. The van der Waals surface area contributed by atoms with Gasteiger partial charge in [0, 0.05) is 18.8 Å². The van der Waals surface area contributed by atoms with E-state index >= 15 is 0 Å². The van der Waals surface area contributed by atoms with Crippen molar-refractivity contribution in [3.8, 4) is 5.75 Å². The molecule has 1 aliphatic heterocycles. The van der Waals surface area contributed by atoms with Gasteiger partial charge in [-0.15, -0.1) is 0 Å². The summed E-state index contributed by atoms with van der Waals surface area (Å²) in [6.45, 7) is 0.908. The fraction of sp³-hybridized carbons (Fsp3) is 0.385. The van der Waals surface area contributed by atoms with Gasteiger partial charge in [0.25, 0.3) is 5.91 Å². The van der Waals surface area contributed by atoms with Crippen LogP contribution in [0.3, 0.4) is 0 Å². The molecule has 1 aromatic rings.